The van der Waals surface area contributed by atoms with E-state index >= 15 is 0 Å². The van der Waals surface area contributed by atoms with Gasteiger partial charge in [0.25, 0.3) is 0 Å². The molecule has 128 valence electrons. The lowest BCUT2D eigenvalue weighted by Crippen LogP contribution is -2.32. The summed E-state index contributed by atoms with van der Waals surface area (Å²) < 4.78 is 37.7. The molecular weight excluding hydrogens is 328 g/mol. The summed E-state index contributed by atoms with van der Waals surface area (Å²) in [6.07, 6.45) is 3.83. The number of sulfonamides is 1. The van der Waals surface area contributed by atoms with Crippen LogP contribution >= 0.6 is 0 Å². The Hall–Kier alpha value is -2.12. The summed E-state index contributed by atoms with van der Waals surface area (Å²) in [6.45, 7) is 0.832. The van der Waals surface area contributed by atoms with Crippen molar-refractivity contribution in [2.45, 2.75) is 18.3 Å². The highest BCUT2D eigenvalue weighted by Gasteiger charge is 2.32. The maximum atomic E-state index is 12.6. The van der Waals surface area contributed by atoms with Crippen molar-refractivity contribution in [3.63, 3.8) is 0 Å². The third-order valence-corrected chi connectivity index (χ3v) is 5.74. The van der Waals surface area contributed by atoms with E-state index in [0.717, 1.165) is 0 Å². The third kappa shape index (κ3) is 4.04. The van der Waals surface area contributed by atoms with Gasteiger partial charge in [-0.2, -0.15) is 4.31 Å². The fourth-order valence-corrected chi connectivity index (χ4v) is 4.28. The van der Waals surface area contributed by atoms with E-state index in [1.54, 1.807) is 49.8 Å². The standard InChI is InChI=1S/C17H20N2O4S/c1-22-15-5-2-4-14(10-15)13-24(20,21)19-9-7-17(12-19)23-16-6-3-8-18-11-16/h2-6,8,10-11,17H,7,9,12-13H2,1H3/t17-/m0/s1. The van der Waals surface area contributed by atoms with Crippen molar-refractivity contribution in [2.75, 3.05) is 20.2 Å². The summed E-state index contributed by atoms with van der Waals surface area (Å²) in [5, 5.41) is 0. The molecule has 0 spiro atoms. The van der Waals surface area contributed by atoms with E-state index in [0.29, 0.717) is 36.6 Å². The van der Waals surface area contributed by atoms with E-state index < -0.39 is 10.0 Å². The Balaban J connectivity index is 1.63. The molecule has 6 nitrogen and oxygen atoms in total. The monoisotopic (exact) mass is 348 g/mol. The van der Waals surface area contributed by atoms with Gasteiger partial charge >= 0.3 is 0 Å². The van der Waals surface area contributed by atoms with Crippen LogP contribution in [0.1, 0.15) is 12.0 Å². The molecule has 0 amide bonds. The zero-order valence-corrected chi connectivity index (χ0v) is 14.3. The van der Waals surface area contributed by atoms with Crippen molar-refractivity contribution in [3.05, 3.63) is 54.4 Å². The SMILES string of the molecule is COc1cccc(CS(=O)(=O)N2CC[C@H](Oc3cccnc3)C2)c1. The van der Waals surface area contributed by atoms with Crippen LogP contribution in [-0.2, 0) is 15.8 Å². The average Bonchev–Trinajstić information content (AvgIpc) is 3.05. The van der Waals surface area contributed by atoms with Gasteiger partial charge in [0.15, 0.2) is 0 Å². The number of benzene rings is 1. The van der Waals surface area contributed by atoms with Gasteiger partial charge in [-0.3, -0.25) is 4.98 Å². The van der Waals surface area contributed by atoms with Crippen molar-refractivity contribution in [1.29, 1.82) is 0 Å². The number of rotatable bonds is 6. The summed E-state index contributed by atoms with van der Waals surface area (Å²) in [7, 11) is -1.82. The fourth-order valence-electron chi connectivity index (χ4n) is 2.72. The molecule has 0 N–H and O–H groups in total. The summed E-state index contributed by atoms with van der Waals surface area (Å²) in [6, 6.07) is 10.7. The highest BCUT2D eigenvalue weighted by molar-refractivity contribution is 7.88. The number of aromatic nitrogens is 1. The second-order valence-corrected chi connectivity index (χ2v) is 7.65. The van der Waals surface area contributed by atoms with Crippen molar-refractivity contribution in [2.24, 2.45) is 0 Å². The summed E-state index contributed by atoms with van der Waals surface area (Å²) >= 11 is 0. The van der Waals surface area contributed by atoms with Crippen LogP contribution < -0.4 is 9.47 Å². The molecule has 7 heteroatoms. The molecule has 0 saturated carbocycles. The first-order valence-electron chi connectivity index (χ1n) is 7.74. The number of hydrogen-bond acceptors (Lipinski definition) is 5. The van der Waals surface area contributed by atoms with Crippen LogP contribution in [0.25, 0.3) is 0 Å². The topological polar surface area (TPSA) is 68.7 Å². The first-order chi connectivity index (χ1) is 11.6. The first kappa shape index (κ1) is 16.7. The van der Waals surface area contributed by atoms with E-state index in [-0.39, 0.29) is 11.9 Å². The smallest absolute Gasteiger partial charge is 0.218 e. The summed E-state index contributed by atoms with van der Waals surface area (Å²) in [5.74, 6) is 1.28. The van der Waals surface area contributed by atoms with Crippen LogP contribution in [0.3, 0.4) is 0 Å². The van der Waals surface area contributed by atoms with Crippen molar-refractivity contribution in [1.82, 2.24) is 9.29 Å². The van der Waals surface area contributed by atoms with Crippen LogP contribution in [0.4, 0.5) is 0 Å². The number of hydrogen-bond donors (Lipinski definition) is 0. The summed E-state index contributed by atoms with van der Waals surface area (Å²) in [4.78, 5) is 4.00. The van der Waals surface area contributed by atoms with Crippen molar-refractivity contribution in [3.8, 4) is 11.5 Å². The maximum Gasteiger partial charge on any atom is 0.218 e. The molecule has 1 atom stereocenters. The second kappa shape index (κ2) is 7.19. The molecule has 3 rings (SSSR count). The molecule has 24 heavy (non-hydrogen) atoms. The maximum absolute atomic E-state index is 12.6. The number of methoxy groups -OCH3 is 1. The molecule has 1 aromatic carbocycles. The molecule has 1 aliphatic heterocycles. The molecule has 0 unspecified atom stereocenters. The van der Waals surface area contributed by atoms with Crippen LogP contribution in [0.15, 0.2) is 48.8 Å². The minimum atomic E-state index is -3.38. The Kier molecular flexibility index (Phi) is 5.01. The van der Waals surface area contributed by atoms with Gasteiger partial charge in [0.2, 0.25) is 10.0 Å². The Morgan fingerprint density at radius 3 is 2.83 bits per heavy atom. The Labute approximate surface area is 142 Å². The molecule has 0 bridgehead atoms. The minimum absolute atomic E-state index is 0.0379. The minimum Gasteiger partial charge on any atom is -0.497 e. The van der Waals surface area contributed by atoms with Gasteiger partial charge in [0, 0.05) is 12.7 Å². The van der Waals surface area contributed by atoms with Crippen LogP contribution in [0, 0.1) is 0 Å². The molecule has 0 aliphatic carbocycles. The van der Waals surface area contributed by atoms with Crippen LogP contribution in [0.2, 0.25) is 0 Å². The second-order valence-electron chi connectivity index (χ2n) is 5.68. The van der Waals surface area contributed by atoms with Gasteiger partial charge in [0.05, 0.1) is 25.6 Å². The molecule has 1 aromatic heterocycles. The van der Waals surface area contributed by atoms with E-state index in [1.165, 1.54) is 4.31 Å². The zero-order chi connectivity index (χ0) is 17.0. The highest BCUT2D eigenvalue weighted by atomic mass is 32.2. The lowest BCUT2D eigenvalue weighted by Gasteiger charge is -2.17. The summed E-state index contributed by atoms with van der Waals surface area (Å²) in [5.41, 5.74) is 0.714. The van der Waals surface area contributed by atoms with Gasteiger partial charge in [-0.25, -0.2) is 8.42 Å². The molecule has 2 heterocycles. The third-order valence-electron chi connectivity index (χ3n) is 3.92. The predicted octanol–water partition coefficient (Wildman–Crippen LogP) is 2.07. The molecule has 2 aromatic rings. The quantitative estimate of drug-likeness (QED) is 0.799. The first-order valence-corrected chi connectivity index (χ1v) is 9.35. The Bertz CT molecular complexity index is 780. The zero-order valence-electron chi connectivity index (χ0n) is 13.5. The number of pyridine rings is 1. The number of nitrogens with zero attached hydrogens (tertiary/aromatic N) is 2. The van der Waals surface area contributed by atoms with E-state index in [2.05, 4.69) is 4.98 Å². The molecular formula is C17H20N2O4S. The van der Waals surface area contributed by atoms with Gasteiger partial charge in [-0.1, -0.05) is 12.1 Å². The van der Waals surface area contributed by atoms with Gasteiger partial charge < -0.3 is 9.47 Å². The highest BCUT2D eigenvalue weighted by Crippen LogP contribution is 2.22. The van der Waals surface area contributed by atoms with Gasteiger partial charge in [0.1, 0.15) is 17.6 Å². The lowest BCUT2D eigenvalue weighted by molar-refractivity contribution is 0.214. The van der Waals surface area contributed by atoms with Gasteiger partial charge in [-0.05, 0) is 36.2 Å². The van der Waals surface area contributed by atoms with E-state index in [1.807, 2.05) is 6.07 Å². The normalized spacial score (nSPS) is 18.5. The molecule has 1 fully saturated rings. The molecule has 1 aliphatic rings. The lowest BCUT2D eigenvalue weighted by atomic mass is 10.2. The van der Waals surface area contributed by atoms with Crippen molar-refractivity contribution < 1.29 is 17.9 Å². The van der Waals surface area contributed by atoms with Crippen LogP contribution in [-0.4, -0.2) is 44.0 Å². The van der Waals surface area contributed by atoms with Crippen molar-refractivity contribution >= 4 is 10.0 Å². The fraction of sp³-hybridized carbons (Fsp3) is 0.353. The average molecular weight is 348 g/mol. The van der Waals surface area contributed by atoms with Crippen LogP contribution in [0.5, 0.6) is 11.5 Å². The number of ether oxygens (including phenoxy) is 2. The predicted molar refractivity (Wildman–Crippen MR) is 90.5 cm³/mol. The molecule has 0 radical (unpaired) electrons. The van der Waals surface area contributed by atoms with Gasteiger partial charge in [-0.15, -0.1) is 0 Å². The van der Waals surface area contributed by atoms with E-state index in [4.69, 9.17) is 9.47 Å². The largest absolute Gasteiger partial charge is 0.497 e. The van der Waals surface area contributed by atoms with E-state index in [9.17, 15) is 8.42 Å². The molecule has 1 saturated heterocycles. The Morgan fingerprint density at radius 2 is 2.08 bits per heavy atom. The Morgan fingerprint density at radius 1 is 1.25 bits per heavy atom.